The number of halogens is 2. The number of carboxylic acids is 1. The Bertz CT molecular complexity index is 1610. The fourth-order valence-corrected chi connectivity index (χ4v) is 8.22. The zero-order valence-corrected chi connectivity index (χ0v) is 26.9. The fourth-order valence-electron chi connectivity index (χ4n) is 5.43. The van der Waals surface area contributed by atoms with Gasteiger partial charge in [-0.05, 0) is 90.0 Å². The van der Waals surface area contributed by atoms with Crippen LogP contribution in [-0.2, 0) is 10.4 Å². The molecule has 2 aromatic carbocycles. The van der Waals surface area contributed by atoms with Gasteiger partial charge < -0.3 is 10.2 Å². The van der Waals surface area contributed by atoms with Crippen molar-refractivity contribution in [3.05, 3.63) is 98.0 Å². The number of aromatic nitrogens is 1. The van der Waals surface area contributed by atoms with E-state index < -0.39 is 11.6 Å². The Hall–Kier alpha value is -2.35. The van der Waals surface area contributed by atoms with Gasteiger partial charge in [0, 0.05) is 5.92 Å². The van der Waals surface area contributed by atoms with Crippen LogP contribution in [-0.4, -0.2) is 32.7 Å². The van der Waals surface area contributed by atoms with Crippen LogP contribution in [0.5, 0.6) is 0 Å². The van der Waals surface area contributed by atoms with Crippen molar-refractivity contribution in [2.45, 2.75) is 57.5 Å². The predicted octanol–water partition coefficient (Wildman–Crippen LogP) is 9.90. The molecular weight excluding hydrogens is 605 g/mol. The number of carbonyl (C=O) groups is 1. The van der Waals surface area contributed by atoms with E-state index in [1.54, 1.807) is 0 Å². The third kappa shape index (κ3) is 7.23. The van der Waals surface area contributed by atoms with Crippen LogP contribution in [0.25, 0.3) is 22.4 Å². The lowest BCUT2D eigenvalue weighted by atomic mass is 9.80. The van der Waals surface area contributed by atoms with Gasteiger partial charge in [0.1, 0.15) is 9.85 Å². The van der Waals surface area contributed by atoms with E-state index in [0.717, 1.165) is 63.4 Å². The van der Waals surface area contributed by atoms with Gasteiger partial charge in [0.25, 0.3) is 0 Å². The minimum atomic E-state index is -0.935. The van der Waals surface area contributed by atoms with Gasteiger partial charge in [-0.1, -0.05) is 84.7 Å². The Morgan fingerprint density at radius 2 is 1.93 bits per heavy atom. The zero-order chi connectivity index (χ0) is 29.9. The molecule has 0 bridgehead atoms. The standard InChI is InChI=1S/C34H35Cl2NO3S2/c1-3-33(2,40)27-10-5-4-9-26(27)25(15-18-41-21-34(16-17-34)20-29(38)39)23-8-6-7-22(19-23)11-12-24-13-14-28-31(37-24)30(35)32(36)42-28/h4-14,19,25,40H,3,15-18,20-21H2,1-2H3,(H,38,39). The van der Waals surface area contributed by atoms with Gasteiger partial charge in [-0.15, -0.1) is 11.3 Å². The number of rotatable bonds is 13. The van der Waals surface area contributed by atoms with E-state index >= 15 is 0 Å². The highest BCUT2D eigenvalue weighted by molar-refractivity contribution is 7.99. The fraction of sp³-hybridized carbons (Fsp3) is 0.353. The Kier molecular flexibility index (Phi) is 9.70. The van der Waals surface area contributed by atoms with Crippen LogP contribution < -0.4 is 0 Å². The molecule has 0 aliphatic heterocycles. The minimum Gasteiger partial charge on any atom is -0.481 e. The summed E-state index contributed by atoms with van der Waals surface area (Å²) in [5.74, 6) is 1.16. The van der Waals surface area contributed by atoms with Gasteiger partial charge in [0.2, 0.25) is 0 Å². The molecule has 1 aliphatic rings. The summed E-state index contributed by atoms with van der Waals surface area (Å²) < 4.78 is 1.51. The van der Waals surface area contributed by atoms with Crippen LogP contribution in [0.2, 0.25) is 9.36 Å². The molecule has 1 saturated carbocycles. The average molecular weight is 641 g/mol. The average Bonchev–Trinajstić information content (AvgIpc) is 3.68. The molecular formula is C34H35Cl2NO3S2. The maximum atomic E-state index is 11.3. The van der Waals surface area contributed by atoms with E-state index in [2.05, 4.69) is 36.4 Å². The van der Waals surface area contributed by atoms with Crippen LogP contribution in [0.1, 0.15) is 79.8 Å². The zero-order valence-electron chi connectivity index (χ0n) is 23.8. The number of benzene rings is 2. The normalized spacial score (nSPS) is 16.5. The summed E-state index contributed by atoms with van der Waals surface area (Å²) in [6.45, 7) is 3.89. The molecule has 5 rings (SSSR count). The van der Waals surface area contributed by atoms with E-state index in [1.807, 2.05) is 62.0 Å². The summed E-state index contributed by atoms with van der Waals surface area (Å²) >= 11 is 15.8. The molecule has 2 atom stereocenters. The summed E-state index contributed by atoms with van der Waals surface area (Å²) in [7, 11) is 0. The monoisotopic (exact) mass is 639 g/mol. The van der Waals surface area contributed by atoms with Gasteiger partial charge in [-0.25, -0.2) is 4.98 Å². The number of hydrogen-bond donors (Lipinski definition) is 2. The second-order valence-corrected chi connectivity index (χ2v) is 14.6. The van der Waals surface area contributed by atoms with Crippen LogP contribution in [0.15, 0.2) is 60.7 Å². The number of nitrogens with zero attached hydrogens (tertiary/aromatic N) is 1. The van der Waals surface area contributed by atoms with Crippen LogP contribution in [0.4, 0.5) is 0 Å². The first-order valence-corrected chi connectivity index (χ1v) is 17.0. The van der Waals surface area contributed by atoms with Gasteiger partial charge >= 0.3 is 5.97 Å². The Balaban J connectivity index is 1.41. The number of carboxylic acid groups (broad SMARTS) is 1. The number of thioether (sulfide) groups is 1. The summed E-state index contributed by atoms with van der Waals surface area (Å²) in [6, 6.07) is 20.7. The number of fused-ring (bicyclic) bond motifs is 1. The highest BCUT2D eigenvalue weighted by atomic mass is 35.5. The second kappa shape index (κ2) is 13.1. The van der Waals surface area contributed by atoms with Gasteiger partial charge in [-0.2, -0.15) is 11.8 Å². The van der Waals surface area contributed by atoms with E-state index in [0.29, 0.717) is 15.8 Å². The first-order valence-electron chi connectivity index (χ1n) is 14.2. The van der Waals surface area contributed by atoms with E-state index in [1.165, 1.54) is 16.9 Å². The van der Waals surface area contributed by atoms with Gasteiger partial charge in [0.05, 0.1) is 27.4 Å². The Morgan fingerprint density at radius 1 is 1.14 bits per heavy atom. The molecule has 0 radical (unpaired) electrons. The molecule has 220 valence electrons. The molecule has 42 heavy (non-hydrogen) atoms. The summed E-state index contributed by atoms with van der Waals surface area (Å²) in [4.78, 5) is 16.0. The number of thiophene rings is 1. The number of aliphatic hydroxyl groups is 1. The predicted molar refractivity (Wildman–Crippen MR) is 179 cm³/mol. The highest BCUT2D eigenvalue weighted by Crippen LogP contribution is 2.51. The topological polar surface area (TPSA) is 70.4 Å². The Labute approximate surface area is 265 Å². The van der Waals surface area contributed by atoms with Crippen LogP contribution in [0, 0.1) is 5.41 Å². The lowest BCUT2D eigenvalue weighted by molar-refractivity contribution is -0.138. The first kappa shape index (κ1) is 31.1. The van der Waals surface area contributed by atoms with E-state index in [9.17, 15) is 15.0 Å². The van der Waals surface area contributed by atoms with Gasteiger partial charge in [0.15, 0.2) is 0 Å². The number of hydrogen-bond acceptors (Lipinski definition) is 5. The molecule has 8 heteroatoms. The highest BCUT2D eigenvalue weighted by Gasteiger charge is 2.44. The van der Waals surface area contributed by atoms with Crippen molar-refractivity contribution in [3.8, 4) is 0 Å². The molecule has 2 heterocycles. The van der Waals surface area contributed by atoms with Crippen molar-refractivity contribution in [1.29, 1.82) is 0 Å². The quantitative estimate of drug-likeness (QED) is 0.142. The lowest BCUT2D eigenvalue weighted by Gasteiger charge is -2.29. The van der Waals surface area contributed by atoms with Crippen molar-refractivity contribution in [2.75, 3.05) is 11.5 Å². The first-order chi connectivity index (χ1) is 20.1. The summed E-state index contributed by atoms with van der Waals surface area (Å²) in [5, 5.41) is 21.1. The maximum absolute atomic E-state index is 11.3. The molecule has 4 aromatic rings. The van der Waals surface area contributed by atoms with Crippen LogP contribution in [0.3, 0.4) is 0 Å². The van der Waals surface area contributed by atoms with Crippen molar-refractivity contribution in [1.82, 2.24) is 4.98 Å². The molecule has 0 spiro atoms. The molecule has 0 amide bonds. The molecule has 4 nitrogen and oxygen atoms in total. The summed E-state index contributed by atoms with van der Waals surface area (Å²) in [5.41, 5.74) is 4.88. The van der Waals surface area contributed by atoms with Crippen LogP contribution >= 0.6 is 46.3 Å². The largest absolute Gasteiger partial charge is 0.481 e. The van der Waals surface area contributed by atoms with Crippen molar-refractivity contribution < 1.29 is 15.0 Å². The van der Waals surface area contributed by atoms with Crippen molar-refractivity contribution >= 4 is 74.6 Å². The second-order valence-electron chi connectivity index (χ2n) is 11.5. The smallest absolute Gasteiger partial charge is 0.303 e. The number of aliphatic carboxylic acids is 1. The molecule has 2 N–H and O–H groups in total. The molecule has 1 fully saturated rings. The van der Waals surface area contributed by atoms with Gasteiger partial charge in [-0.3, -0.25) is 4.79 Å². The maximum Gasteiger partial charge on any atom is 0.303 e. The summed E-state index contributed by atoms with van der Waals surface area (Å²) in [6.07, 6.45) is 7.80. The molecule has 2 aromatic heterocycles. The Morgan fingerprint density at radius 3 is 2.67 bits per heavy atom. The number of pyridine rings is 1. The van der Waals surface area contributed by atoms with E-state index in [4.69, 9.17) is 28.2 Å². The van der Waals surface area contributed by atoms with Crippen molar-refractivity contribution in [2.24, 2.45) is 5.41 Å². The minimum absolute atomic E-state index is 0.0316. The lowest BCUT2D eigenvalue weighted by Crippen LogP contribution is -2.23. The SMILES string of the molecule is CCC(C)(O)c1ccccc1C(CCSCC1(CC(=O)O)CC1)c1cccc(C=Cc2ccc3sc(Cl)c(Cl)c3n2)c1. The molecule has 2 unspecified atom stereocenters. The molecule has 1 aliphatic carbocycles. The van der Waals surface area contributed by atoms with E-state index in [-0.39, 0.29) is 17.8 Å². The molecule has 0 saturated heterocycles. The third-order valence-electron chi connectivity index (χ3n) is 8.27. The third-order valence-corrected chi connectivity index (χ3v) is 11.5. The van der Waals surface area contributed by atoms with Crippen molar-refractivity contribution in [3.63, 3.8) is 0 Å².